The van der Waals surface area contributed by atoms with Crippen LogP contribution in [0.15, 0.2) is 71.2 Å². The molecule has 0 saturated heterocycles. The predicted molar refractivity (Wildman–Crippen MR) is 134 cm³/mol. The maximum absolute atomic E-state index is 12.4. The molecule has 4 aromatic rings. The van der Waals surface area contributed by atoms with Crippen molar-refractivity contribution >= 4 is 50.2 Å². The first kappa shape index (κ1) is 21.8. The van der Waals surface area contributed by atoms with Crippen LogP contribution in [0, 0.1) is 6.92 Å². The lowest BCUT2D eigenvalue weighted by Gasteiger charge is -2.15. The molecular formula is C25H24BrN5O. The van der Waals surface area contributed by atoms with Crippen LogP contribution in [0.4, 0.5) is 17.5 Å². The molecule has 0 bridgehead atoms. The maximum atomic E-state index is 12.4. The summed E-state index contributed by atoms with van der Waals surface area (Å²) < 4.78 is 0.940. The molecule has 7 heteroatoms. The zero-order chi connectivity index (χ0) is 22.7. The van der Waals surface area contributed by atoms with Gasteiger partial charge in [0.15, 0.2) is 0 Å². The Morgan fingerprint density at radius 1 is 0.969 bits per heavy atom. The van der Waals surface area contributed by atoms with Gasteiger partial charge in [0.1, 0.15) is 5.82 Å². The highest BCUT2D eigenvalue weighted by Gasteiger charge is 2.10. The highest BCUT2D eigenvalue weighted by Crippen LogP contribution is 2.24. The number of carbonyl (C=O) groups is 1. The average molecular weight is 490 g/mol. The molecule has 2 N–H and O–H groups in total. The number of carbonyl (C=O) groups excluding carboxylic acids is 1. The first-order valence-corrected chi connectivity index (χ1v) is 11.0. The summed E-state index contributed by atoms with van der Waals surface area (Å²) in [5, 5.41) is 7.35. The number of aryl methyl sites for hydroxylation is 1. The Bertz CT molecular complexity index is 1250. The number of nitrogens with one attached hydrogen (secondary N) is 2. The highest BCUT2D eigenvalue weighted by molar-refractivity contribution is 9.10. The number of fused-ring (bicyclic) bond motifs is 1. The Labute approximate surface area is 195 Å². The van der Waals surface area contributed by atoms with Crippen LogP contribution < -0.4 is 15.5 Å². The molecule has 0 aliphatic carbocycles. The summed E-state index contributed by atoms with van der Waals surface area (Å²) in [6.45, 7) is 2.66. The summed E-state index contributed by atoms with van der Waals surface area (Å²) in [4.78, 5) is 23.6. The van der Waals surface area contributed by atoms with Crippen LogP contribution in [-0.2, 0) is 6.54 Å². The Balaban J connectivity index is 1.47. The lowest BCUT2D eigenvalue weighted by Crippen LogP contribution is -2.14. The van der Waals surface area contributed by atoms with Crippen molar-refractivity contribution in [3.63, 3.8) is 0 Å². The van der Waals surface area contributed by atoms with Crippen LogP contribution in [0.2, 0.25) is 0 Å². The Morgan fingerprint density at radius 2 is 1.69 bits per heavy atom. The average Bonchev–Trinajstić information content (AvgIpc) is 2.78. The topological polar surface area (TPSA) is 70.2 Å². The first-order valence-electron chi connectivity index (χ1n) is 10.2. The molecule has 0 unspecified atom stereocenters. The molecule has 0 atom stereocenters. The van der Waals surface area contributed by atoms with E-state index in [1.54, 1.807) is 12.1 Å². The lowest BCUT2D eigenvalue weighted by molar-refractivity contribution is 0.102. The fraction of sp³-hybridized carbons (Fsp3) is 0.160. The zero-order valence-electron chi connectivity index (χ0n) is 18.2. The number of rotatable bonds is 6. The summed E-state index contributed by atoms with van der Waals surface area (Å²) in [5.74, 6) is 1.32. The summed E-state index contributed by atoms with van der Waals surface area (Å²) in [7, 11) is 3.87. The van der Waals surface area contributed by atoms with Crippen LogP contribution >= 0.6 is 15.9 Å². The second kappa shape index (κ2) is 9.36. The van der Waals surface area contributed by atoms with E-state index in [0.717, 1.165) is 38.0 Å². The lowest BCUT2D eigenvalue weighted by atomic mass is 10.1. The molecule has 3 aromatic carbocycles. The molecule has 0 saturated carbocycles. The molecule has 1 heterocycles. The van der Waals surface area contributed by atoms with Crippen molar-refractivity contribution < 1.29 is 4.79 Å². The second-order valence-corrected chi connectivity index (χ2v) is 8.71. The van der Waals surface area contributed by atoms with Gasteiger partial charge in [0, 0.05) is 41.7 Å². The first-order chi connectivity index (χ1) is 15.4. The Morgan fingerprint density at radius 3 is 2.38 bits per heavy atom. The standard InChI is InChI=1S/C25H24BrN5O/c1-16-4-13-21-22(14-16)29-25(31(2)3)30-23(21)27-15-17-5-11-20(12-6-17)28-24(32)18-7-9-19(26)10-8-18/h4-14H,15H2,1-3H3,(H,28,32)(H,27,29,30). The van der Waals surface area contributed by atoms with Gasteiger partial charge >= 0.3 is 0 Å². The number of benzene rings is 3. The van der Waals surface area contributed by atoms with Crippen molar-refractivity contribution in [2.45, 2.75) is 13.5 Å². The van der Waals surface area contributed by atoms with Gasteiger partial charge in [0.05, 0.1) is 5.52 Å². The molecule has 0 spiro atoms. The van der Waals surface area contributed by atoms with Crippen molar-refractivity contribution in [1.82, 2.24) is 9.97 Å². The minimum Gasteiger partial charge on any atom is -0.365 e. The van der Waals surface area contributed by atoms with E-state index in [0.29, 0.717) is 18.1 Å². The van der Waals surface area contributed by atoms with Gasteiger partial charge in [0.2, 0.25) is 5.95 Å². The number of hydrogen-bond donors (Lipinski definition) is 2. The predicted octanol–water partition coefficient (Wildman–Crippen LogP) is 5.63. The fourth-order valence-electron chi connectivity index (χ4n) is 3.26. The summed E-state index contributed by atoms with van der Waals surface area (Å²) in [6, 6.07) is 21.2. The van der Waals surface area contributed by atoms with Gasteiger partial charge in [-0.2, -0.15) is 4.98 Å². The number of amides is 1. The number of hydrogen-bond acceptors (Lipinski definition) is 5. The molecule has 162 valence electrons. The van der Waals surface area contributed by atoms with E-state index in [1.807, 2.05) is 61.5 Å². The highest BCUT2D eigenvalue weighted by atomic mass is 79.9. The van der Waals surface area contributed by atoms with Crippen LogP contribution in [0.1, 0.15) is 21.5 Å². The maximum Gasteiger partial charge on any atom is 0.255 e. The van der Waals surface area contributed by atoms with Crippen molar-refractivity contribution in [2.24, 2.45) is 0 Å². The smallest absolute Gasteiger partial charge is 0.255 e. The minimum atomic E-state index is -0.137. The third kappa shape index (κ3) is 5.06. The van der Waals surface area contributed by atoms with Crippen LogP contribution in [-0.4, -0.2) is 30.0 Å². The molecule has 1 amide bonds. The zero-order valence-corrected chi connectivity index (χ0v) is 19.8. The largest absolute Gasteiger partial charge is 0.365 e. The summed E-state index contributed by atoms with van der Waals surface area (Å²) in [5.41, 5.74) is 4.52. The summed E-state index contributed by atoms with van der Waals surface area (Å²) in [6.07, 6.45) is 0. The normalized spacial score (nSPS) is 10.8. The van der Waals surface area contributed by atoms with Crippen molar-refractivity contribution in [1.29, 1.82) is 0 Å². The molecule has 4 rings (SSSR count). The minimum absolute atomic E-state index is 0.137. The molecule has 0 aliphatic rings. The van der Waals surface area contributed by atoms with Crippen molar-refractivity contribution in [2.75, 3.05) is 29.6 Å². The van der Waals surface area contributed by atoms with E-state index in [1.165, 1.54) is 0 Å². The van der Waals surface area contributed by atoms with E-state index >= 15 is 0 Å². The van der Waals surface area contributed by atoms with E-state index < -0.39 is 0 Å². The number of anilines is 3. The van der Waals surface area contributed by atoms with E-state index in [9.17, 15) is 4.79 Å². The third-order valence-electron chi connectivity index (χ3n) is 5.02. The van der Waals surface area contributed by atoms with Gasteiger partial charge in [-0.1, -0.05) is 34.1 Å². The van der Waals surface area contributed by atoms with Crippen molar-refractivity contribution in [3.05, 3.63) is 87.9 Å². The molecule has 0 radical (unpaired) electrons. The molecule has 0 fully saturated rings. The molecule has 1 aromatic heterocycles. The van der Waals surface area contributed by atoms with Gasteiger partial charge in [-0.05, 0) is 66.6 Å². The molecule has 32 heavy (non-hydrogen) atoms. The molecular weight excluding hydrogens is 466 g/mol. The van der Waals surface area contributed by atoms with Crippen LogP contribution in [0.3, 0.4) is 0 Å². The van der Waals surface area contributed by atoms with Gasteiger partial charge in [0.25, 0.3) is 5.91 Å². The quantitative estimate of drug-likeness (QED) is 0.367. The number of halogens is 1. The van der Waals surface area contributed by atoms with Gasteiger partial charge in [-0.25, -0.2) is 4.98 Å². The Hall–Kier alpha value is -3.45. The molecule has 0 aliphatic heterocycles. The SMILES string of the molecule is Cc1ccc2c(NCc3ccc(NC(=O)c4ccc(Br)cc4)cc3)nc(N(C)C)nc2c1. The van der Waals surface area contributed by atoms with Gasteiger partial charge in [-0.3, -0.25) is 4.79 Å². The Kier molecular flexibility index (Phi) is 6.37. The van der Waals surface area contributed by atoms with Crippen LogP contribution in [0.25, 0.3) is 10.9 Å². The molecule has 6 nitrogen and oxygen atoms in total. The van der Waals surface area contributed by atoms with Crippen molar-refractivity contribution in [3.8, 4) is 0 Å². The summed E-state index contributed by atoms with van der Waals surface area (Å²) >= 11 is 3.38. The van der Waals surface area contributed by atoms with Gasteiger partial charge < -0.3 is 15.5 Å². The monoisotopic (exact) mass is 489 g/mol. The van der Waals surface area contributed by atoms with Gasteiger partial charge in [-0.15, -0.1) is 0 Å². The van der Waals surface area contributed by atoms with E-state index in [4.69, 9.17) is 0 Å². The fourth-order valence-corrected chi connectivity index (χ4v) is 3.52. The number of aromatic nitrogens is 2. The third-order valence-corrected chi connectivity index (χ3v) is 5.55. The van der Waals surface area contributed by atoms with E-state index in [2.05, 4.69) is 55.6 Å². The van der Waals surface area contributed by atoms with Crippen LogP contribution in [0.5, 0.6) is 0 Å². The van der Waals surface area contributed by atoms with E-state index in [-0.39, 0.29) is 5.91 Å². The second-order valence-electron chi connectivity index (χ2n) is 7.80. The number of nitrogens with zero attached hydrogens (tertiary/aromatic N) is 3.